The maximum Gasteiger partial charge on any atom is 0.191 e. The second-order valence-corrected chi connectivity index (χ2v) is 5.48. The lowest BCUT2D eigenvalue weighted by Crippen LogP contribution is -2.03. The van der Waals surface area contributed by atoms with Gasteiger partial charge in [-0.15, -0.1) is 5.10 Å². The summed E-state index contributed by atoms with van der Waals surface area (Å²) in [5.74, 6) is 0. The first kappa shape index (κ1) is 14.3. The van der Waals surface area contributed by atoms with E-state index in [1.54, 1.807) is 10.7 Å². The molecule has 5 heteroatoms. The molecule has 4 nitrogen and oxygen atoms in total. The normalized spacial score (nSPS) is 10.5. The number of halogens is 1. The molecule has 0 aliphatic rings. The van der Waals surface area contributed by atoms with Crippen LogP contribution < -0.4 is 0 Å². The van der Waals surface area contributed by atoms with Crippen molar-refractivity contribution in [2.75, 3.05) is 0 Å². The van der Waals surface area contributed by atoms with Gasteiger partial charge in [0.1, 0.15) is 11.8 Å². The average Bonchev–Trinajstić information content (AvgIpc) is 2.93. The minimum absolute atomic E-state index is 0.281. The summed E-state index contributed by atoms with van der Waals surface area (Å²) in [7, 11) is 0. The van der Waals surface area contributed by atoms with Crippen LogP contribution in [0.4, 0.5) is 0 Å². The molecule has 3 rings (SSSR count). The van der Waals surface area contributed by atoms with E-state index in [1.807, 2.05) is 50.2 Å². The monoisotopic (exact) mass is 308 g/mol. The second kappa shape index (κ2) is 5.63. The smallest absolute Gasteiger partial charge is 0.191 e. The van der Waals surface area contributed by atoms with Crippen LogP contribution in [-0.4, -0.2) is 15.0 Å². The van der Waals surface area contributed by atoms with Gasteiger partial charge in [0.15, 0.2) is 5.69 Å². The highest BCUT2D eigenvalue weighted by molar-refractivity contribution is 6.30. The minimum atomic E-state index is 0.281. The fraction of sp³-hybridized carbons (Fsp3) is 0.118. The maximum absolute atomic E-state index is 9.33. The zero-order valence-electron chi connectivity index (χ0n) is 12.2. The third kappa shape index (κ3) is 2.36. The Kier molecular flexibility index (Phi) is 3.66. The Morgan fingerprint density at radius 3 is 2.64 bits per heavy atom. The summed E-state index contributed by atoms with van der Waals surface area (Å²) in [5.41, 5.74) is 4.91. The quantitative estimate of drug-likeness (QED) is 0.717. The van der Waals surface area contributed by atoms with Crippen LogP contribution in [0.2, 0.25) is 5.02 Å². The molecule has 0 saturated carbocycles. The molecule has 3 aromatic rings. The van der Waals surface area contributed by atoms with E-state index in [9.17, 15) is 5.26 Å². The van der Waals surface area contributed by atoms with Crippen LogP contribution >= 0.6 is 11.6 Å². The highest BCUT2D eigenvalue weighted by Gasteiger charge is 2.17. The number of hydrogen-bond acceptors (Lipinski definition) is 3. The molecule has 108 valence electrons. The Balaban J connectivity index is 2.29. The fourth-order valence-electron chi connectivity index (χ4n) is 2.39. The van der Waals surface area contributed by atoms with E-state index in [-0.39, 0.29) is 5.69 Å². The average molecular weight is 309 g/mol. The van der Waals surface area contributed by atoms with Gasteiger partial charge in [-0.25, -0.2) is 4.68 Å². The molecule has 0 atom stereocenters. The summed E-state index contributed by atoms with van der Waals surface area (Å²) >= 11 is 6.08. The van der Waals surface area contributed by atoms with Crippen molar-refractivity contribution in [2.24, 2.45) is 0 Å². The van der Waals surface area contributed by atoms with Crippen LogP contribution in [0.15, 0.2) is 42.5 Å². The topological polar surface area (TPSA) is 54.5 Å². The van der Waals surface area contributed by atoms with Crippen LogP contribution in [0, 0.1) is 25.2 Å². The summed E-state index contributed by atoms with van der Waals surface area (Å²) in [4.78, 5) is 0. The molecule has 0 spiro atoms. The third-order valence-electron chi connectivity index (χ3n) is 3.68. The molecule has 0 aliphatic heterocycles. The van der Waals surface area contributed by atoms with Gasteiger partial charge in [-0.3, -0.25) is 0 Å². The molecule has 0 amide bonds. The summed E-state index contributed by atoms with van der Waals surface area (Å²) < 4.78 is 1.70. The van der Waals surface area contributed by atoms with Crippen molar-refractivity contribution >= 4 is 11.6 Å². The molecule has 0 radical (unpaired) electrons. The van der Waals surface area contributed by atoms with Crippen molar-refractivity contribution in [3.05, 3.63) is 64.3 Å². The van der Waals surface area contributed by atoms with Crippen molar-refractivity contribution in [3.63, 3.8) is 0 Å². The number of aromatic nitrogens is 3. The van der Waals surface area contributed by atoms with Gasteiger partial charge < -0.3 is 0 Å². The fourth-order valence-corrected chi connectivity index (χ4v) is 2.58. The Morgan fingerprint density at radius 1 is 1.14 bits per heavy atom. The Labute approximate surface area is 133 Å². The van der Waals surface area contributed by atoms with Crippen LogP contribution in [0.5, 0.6) is 0 Å². The maximum atomic E-state index is 9.33. The first-order chi connectivity index (χ1) is 10.6. The molecule has 0 saturated heterocycles. The number of benzene rings is 2. The van der Waals surface area contributed by atoms with Crippen LogP contribution in [0.1, 0.15) is 16.8 Å². The summed E-state index contributed by atoms with van der Waals surface area (Å²) in [6.45, 7) is 4.07. The Bertz CT molecular complexity index is 890. The molecule has 0 bridgehead atoms. The van der Waals surface area contributed by atoms with Gasteiger partial charge in [0, 0.05) is 10.6 Å². The highest BCUT2D eigenvalue weighted by Crippen LogP contribution is 2.28. The number of aryl methyl sites for hydroxylation is 1. The molecular weight excluding hydrogens is 296 g/mol. The molecule has 0 fully saturated rings. The van der Waals surface area contributed by atoms with Gasteiger partial charge in [-0.2, -0.15) is 5.26 Å². The molecular formula is C17H13ClN4. The molecule has 0 aliphatic carbocycles. The van der Waals surface area contributed by atoms with Crippen molar-refractivity contribution in [3.8, 4) is 23.0 Å². The van der Waals surface area contributed by atoms with Crippen LogP contribution in [0.3, 0.4) is 0 Å². The molecule has 0 unspecified atom stereocenters. The molecule has 1 aromatic heterocycles. The van der Waals surface area contributed by atoms with E-state index in [4.69, 9.17) is 11.6 Å². The SMILES string of the molecule is Cc1cccc(-n2nnc(C#N)c2-c2cccc(Cl)c2)c1C. The van der Waals surface area contributed by atoms with Gasteiger partial charge in [0.05, 0.1) is 5.69 Å². The second-order valence-electron chi connectivity index (χ2n) is 5.04. The largest absolute Gasteiger partial charge is 0.211 e. The van der Waals surface area contributed by atoms with E-state index in [0.29, 0.717) is 10.7 Å². The number of nitrogens with zero attached hydrogens (tertiary/aromatic N) is 4. The lowest BCUT2D eigenvalue weighted by molar-refractivity contribution is 0.801. The van der Waals surface area contributed by atoms with Gasteiger partial charge in [0.25, 0.3) is 0 Å². The Hall–Kier alpha value is -2.64. The first-order valence-electron chi connectivity index (χ1n) is 6.80. The van der Waals surface area contributed by atoms with Crippen LogP contribution in [0.25, 0.3) is 16.9 Å². The van der Waals surface area contributed by atoms with E-state index >= 15 is 0 Å². The molecule has 1 heterocycles. The zero-order valence-corrected chi connectivity index (χ0v) is 13.0. The molecule has 0 N–H and O–H groups in total. The lowest BCUT2D eigenvalue weighted by atomic mass is 10.1. The van der Waals surface area contributed by atoms with Gasteiger partial charge in [-0.05, 0) is 43.2 Å². The molecule has 22 heavy (non-hydrogen) atoms. The predicted octanol–water partition coefficient (Wildman–Crippen LogP) is 4.08. The minimum Gasteiger partial charge on any atom is -0.211 e. The van der Waals surface area contributed by atoms with Crippen molar-refractivity contribution in [2.45, 2.75) is 13.8 Å². The van der Waals surface area contributed by atoms with Crippen molar-refractivity contribution in [1.29, 1.82) is 5.26 Å². The number of hydrogen-bond donors (Lipinski definition) is 0. The highest BCUT2D eigenvalue weighted by atomic mass is 35.5. The van der Waals surface area contributed by atoms with Crippen molar-refractivity contribution in [1.82, 2.24) is 15.0 Å². The van der Waals surface area contributed by atoms with Gasteiger partial charge in [0.2, 0.25) is 0 Å². The number of rotatable bonds is 2. The van der Waals surface area contributed by atoms with Crippen LogP contribution in [-0.2, 0) is 0 Å². The van der Waals surface area contributed by atoms with E-state index in [0.717, 1.165) is 22.4 Å². The standard InChI is InChI=1S/C17H13ClN4/c1-11-5-3-8-16(12(11)2)22-17(15(10-19)20-21-22)13-6-4-7-14(18)9-13/h3-9H,1-2H3. The van der Waals surface area contributed by atoms with Gasteiger partial charge >= 0.3 is 0 Å². The Morgan fingerprint density at radius 2 is 1.91 bits per heavy atom. The zero-order chi connectivity index (χ0) is 15.7. The van der Waals surface area contributed by atoms with Crippen molar-refractivity contribution < 1.29 is 0 Å². The molecule has 2 aromatic carbocycles. The van der Waals surface area contributed by atoms with E-state index in [2.05, 4.69) is 16.4 Å². The van der Waals surface area contributed by atoms with Gasteiger partial charge in [-0.1, -0.05) is 41.1 Å². The summed E-state index contributed by atoms with van der Waals surface area (Å²) in [5, 5.41) is 18.1. The predicted molar refractivity (Wildman–Crippen MR) is 86.0 cm³/mol. The summed E-state index contributed by atoms with van der Waals surface area (Å²) in [6, 6.07) is 15.4. The number of nitriles is 1. The summed E-state index contributed by atoms with van der Waals surface area (Å²) in [6.07, 6.45) is 0. The van der Waals surface area contributed by atoms with E-state index < -0.39 is 0 Å². The first-order valence-corrected chi connectivity index (χ1v) is 7.18. The third-order valence-corrected chi connectivity index (χ3v) is 3.91. The van der Waals surface area contributed by atoms with E-state index in [1.165, 1.54) is 0 Å². The lowest BCUT2D eigenvalue weighted by Gasteiger charge is -2.11.